The van der Waals surface area contributed by atoms with E-state index in [1.165, 1.54) is 13.0 Å². The monoisotopic (exact) mass is 349 g/mol. The lowest BCUT2D eigenvalue weighted by atomic mass is 10.1. The minimum absolute atomic E-state index is 0.0138. The molecule has 26 heavy (non-hydrogen) atoms. The van der Waals surface area contributed by atoms with Gasteiger partial charge in [-0.1, -0.05) is 12.1 Å². The van der Waals surface area contributed by atoms with Gasteiger partial charge in [-0.3, -0.25) is 9.59 Å². The van der Waals surface area contributed by atoms with Crippen molar-refractivity contribution in [3.8, 4) is 11.8 Å². The molecule has 6 nitrogen and oxygen atoms in total. The van der Waals surface area contributed by atoms with Crippen molar-refractivity contribution in [2.75, 3.05) is 17.2 Å². The average molecular weight is 349 g/mol. The molecule has 0 saturated heterocycles. The molecule has 0 radical (unpaired) electrons. The third-order valence-electron chi connectivity index (χ3n) is 3.33. The summed E-state index contributed by atoms with van der Waals surface area (Å²) < 4.78 is 5.36. The number of rotatable bonds is 6. The van der Waals surface area contributed by atoms with E-state index in [0.717, 1.165) is 11.3 Å². The SMILES string of the molecule is CCOc1ccc(/C=C(\C#N)C(=O)Nc2ccc(NC(C)=O)cc2)cc1. The normalized spacial score (nSPS) is 10.6. The third-order valence-corrected chi connectivity index (χ3v) is 3.33. The molecule has 0 bridgehead atoms. The third kappa shape index (κ3) is 5.49. The van der Waals surface area contributed by atoms with E-state index in [2.05, 4.69) is 10.6 Å². The number of nitrogens with one attached hydrogen (secondary N) is 2. The van der Waals surface area contributed by atoms with Gasteiger partial charge in [-0.2, -0.15) is 5.26 Å². The van der Waals surface area contributed by atoms with E-state index in [9.17, 15) is 14.9 Å². The van der Waals surface area contributed by atoms with Gasteiger partial charge in [0.1, 0.15) is 17.4 Å². The van der Waals surface area contributed by atoms with Gasteiger partial charge in [-0.05, 0) is 55.0 Å². The van der Waals surface area contributed by atoms with Crippen LogP contribution in [0.5, 0.6) is 5.75 Å². The molecule has 0 spiro atoms. The molecule has 6 heteroatoms. The summed E-state index contributed by atoms with van der Waals surface area (Å²) in [5.74, 6) is 0.0485. The second-order valence-corrected chi connectivity index (χ2v) is 5.38. The summed E-state index contributed by atoms with van der Waals surface area (Å²) in [5, 5.41) is 14.6. The summed E-state index contributed by atoms with van der Waals surface area (Å²) in [6.45, 7) is 3.89. The van der Waals surface area contributed by atoms with E-state index < -0.39 is 5.91 Å². The molecule has 0 aliphatic heterocycles. The highest BCUT2D eigenvalue weighted by Crippen LogP contribution is 2.17. The number of benzene rings is 2. The van der Waals surface area contributed by atoms with Crippen LogP contribution in [0.1, 0.15) is 19.4 Å². The first-order chi connectivity index (χ1) is 12.5. The van der Waals surface area contributed by atoms with Crippen LogP contribution in [0.15, 0.2) is 54.1 Å². The topological polar surface area (TPSA) is 91.2 Å². The van der Waals surface area contributed by atoms with Crippen molar-refractivity contribution >= 4 is 29.3 Å². The van der Waals surface area contributed by atoms with E-state index in [0.29, 0.717) is 18.0 Å². The number of anilines is 2. The number of carbonyl (C=O) groups excluding carboxylic acids is 2. The van der Waals surface area contributed by atoms with Crippen molar-refractivity contribution in [1.82, 2.24) is 0 Å². The van der Waals surface area contributed by atoms with Crippen LogP contribution in [0, 0.1) is 11.3 Å². The molecule has 0 aliphatic rings. The molecular formula is C20H19N3O3. The molecular weight excluding hydrogens is 330 g/mol. The largest absolute Gasteiger partial charge is 0.494 e. The number of hydrogen-bond donors (Lipinski definition) is 2. The van der Waals surface area contributed by atoms with Gasteiger partial charge in [0.15, 0.2) is 0 Å². The number of nitrogens with zero attached hydrogens (tertiary/aromatic N) is 1. The van der Waals surface area contributed by atoms with Crippen LogP contribution in [-0.4, -0.2) is 18.4 Å². The van der Waals surface area contributed by atoms with Crippen molar-refractivity contribution in [3.05, 3.63) is 59.7 Å². The highest BCUT2D eigenvalue weighted by molar-refractivity contribution is 6.09. The fraction of sp³-hybridized carbons (Fsp3) is 0.150. The molecule has 0 heterocycles. The summed E-state index contributed by atoms with van der Waals surface area (Å²) in [4.78, 5) is 23.3. The summed E-state index contributed by atoms with van der Waals surface area (Å²) in [7, 11) is 0. The fourth-order valence-corrected chi connectivity index (χ4v) is 2.18. The standard InChI is InChI=1S/C20H19N3O3/c1-3-26-19-10-4-15(5-11-19)12-16(13-21)20(25)23-18-8-6-17(7-9-18)22-14(2)24/h4-12H,3H2,1-2H3,(H,22,24)(H,23,25)/b16-12+. The summed E-state index contributed by atoms with van der Waals surface area (Å²) in [5.41, 5.74) is 1.86. The number of amides is 2. The van der Waals surface area contributed by atoms with E-state index in [1.807, 2.05) is 13.0 Å². The zero-order valence-electron chi connectivity index (χ0n) is 14.6. The van der Waals surface area contributed by atoms with Crippen LogP contribution >= 0.6 is 0 Å². The average Bonchev–Trinajstić information content (AvgIpc) is 2.62. The Morgan fingerprint density at radius 3 is 2.12 bits per heavy atom. The predicted octanol–water partition coefficient (Wildman–Crippen LogP) is 3.59. The Bertz CT molecular complexity index is 847. The summed E-state index contributed by atoms with van der Waals surface area (Å²) >= 11 is 0. The molecule has 0 aromatic heterocycles. The van der Waals surface area contributed by atoms with Crippen molar-refractivity contribution in [2.45, 2.75) is 13.8 Å². The lowest BCUT2D eigenvalue weighted by Crippen LogP contribution is -2.13. The van der Waals surface area contributed by atoms with Crippen LogP contribution < -0.4 is 15.4 Å². The highest BCUT2D eigenvalue weighted by Gasteiger charge is 2.09. The van der Waals surface area contributed by atoms with E-state index in [1.54, 1.807) is 48.5 Å². The zero-order valence-corrected chi connectivity index (χ0v) is 14.6. The first-order valence-electron chi connectivity index (χ1n) is 8.05. The Morgan fingerprint density at radius 2 is 1.62 bits per heavy atom. The van der Waals surface area contributed by atoms with Gasteiger partial charge >= 0.3 is 0 Å². The molecule has 2 N–H and O–H groups in total. The van der Waals surface area contributed by atoms with Crippen LogP contribution in [-0.2, 0) is 9.59 Å². The molecule has 2 amide bonds. The molecule has 0 aliphatic carbocycles. The Balaban J connectivity index is 2.08. The minimum Gasteiger partial charge on any atom is -0.494 e. The quantitative estimate of drug-likeness (QED) is 0.616. The van der Waals surface area contributed by atoms with Gasteiger partial charge in [-0.25, -0.2) is 0 Å². The zero-order chi connectivity index (χ0) is 18.9. The van der Waals surface area contributed by atoms with Crippen molar-refractivity contribution in [2.24, 2.45) is 0 Å². The Morgan fingerprint density at radius 1 is 1.04 bits per heavy atom. The minimum atomic E-state index is -0.506. The van der Waals surface area contributed by atoms with Crippen LogP contribution in [0.2, 0.25) is 0 Å². The molecule has 0 saturated carbocycles. The highest BCUT2D eigenvalue weighted by atomic mass is 16.5. The van der Waals surface area contributed by atoms with Gasteiger partial charge in [0.05, 0.1) is 6.61 Å². The second kappa shape index (κ2) is 9.04. The van der Waals surface area contributed by atoms with Crippen molar-refractivity contribution < 1.29 is 14.3 Å². The molecule has 2 aromatic carbocycles. The van der Waals surface area contributed by atoms with Gasteiger partial charge in [0.25, 0.3) is 5.91 Å². The Kier molecular flexibility index (Phi) is 6.52. The van der Waals surface area contributed by atoms with Crippen LogP contribution in [0.25, 0.3) is 6.08 Å². The molecule has 132 valence electrons. The molecule has 2 aromatic rings. The number of ether oxygens (including phenoxy) is 1. The van der Waals surface area contributed by atoms with Gasteiger partial charge in [-0.15, -0.1) is 0 Å². The van der Waals surface area contributed by atoms with Gasteiger partial charge < -0.3 is 15.4 Å². The van der Waals surface area contributed by atoms with E-state index in [-0.39, 0.29) is 11.5 Å². The molecule has 0 unspecified atom stereocenters. The Labute approximate surface area is 152 Å². The van der Waals surface area contributed by atoms with Gasteiger partial charge in [0, 0.05) is 18.3 Å². The lowest BCUT2D eigenvalue weighted by molar-refractivity contribution is -0.114. The first kappa shape index (κ1) is 18.7. The number of carbonyl (C=O) groups is 2. The summed E-state index contributed by atoms with van der Waals surface area (Å²) in [6, 6.07) is 15.6. The van der Waals surface area contributed by atoms with Crippen LogP contribution in [0.4, 0.5) is 11.4 Å². The molecule has 2 rings (SSSR count). The maximum atomic E-state index is 12.3. The second-order valence-electron chi connectivity index (χ2n) is 5.38. The maximum Gasteiger partial charge on any atom is 0.266 e. The first-order valence-corrected chi connectivity index (χ1v) is 8.05. The van der Waals surface area contributed by atoms with Gasteiger partial charge in [0.2, 0.25) is 5.91 Å². The fourth-order valence-electron chi connectivity index (χ4n) is 2.18. The van der Waals surface area contributed by atoms with Crippen LogP contribution in [0.3, 0.4) is 0 Å². The number of nitriles is 1. The lowest BCUT2D eigenvalue weighted by Gasteiger charge is -2.07. The smallest absolute Gasteiger partial charge is 0.266 e. The Hall–Kier alpha value is -3.59. The van der Waals surface area contributed by atoms with Crippen molar-refractivity contribution in [3.63, 3.8) is 0 Å². The van der Waals surface area contributed by atoms with Crippen molar-refractivity contribution in [1.29, 1.82) is 5.26 Å². The summed E-state index contributed by atoms with van der Waals surface area (Å²) in [6.07, 6.45) is 1.51. The number of hydrogen-bond acceptors (Lipinski definition) is 4. The maximum absolute atomic E-state index is 12.3. The van der Waals surface area contributed by atoms with E-state index in [4.69, 9.17) is 4.74 Å². The van der Waals surface area contributed by atoms with E-state index >= 15 is 0 Å². The molecule has 0 atom stereocenters. The molecule has 0 fully saturated rings. The predicted molar refractivity (Wildman–Crippen MR) is 101 cm³/mol.